The highest BCUT2D eigenvalue weighted by molar-refractivity contribution is 6.05. The standard InChI is InChI=1S/C13H21NO4/c1-6-17-11(15)13(12(16)18-7-2)9(3)8-14(5)10(13)4/h10H,3,6-8H2,1-2,4-5H3. The van der Waals surface area contributed by atoms with Crippen LogP contribution in [-0.4, -0.2) is 49.7 Å². The molecule has 0 aromatic heterocycles. The van der Waals surface area contributed by atoms with Gasteiger partial charge >= 0.3 is 11.9 Å². The van der Waals surface area contributed by atoms with Crippen LogP contribution in [0.2, 0.25) is 0 Å². The second-order valence-corrected chi connectivity index (χ2v) is 4.44. The van der Waals surface area contributed by atoms with E-state index in [4.69, 9.17) is 9.47 Å². The van der Waals surface area contributed by atoms with Gasteiger partial charge in [0.25, 0.3) is 0 Å². The predicted molar refractivity (Wildman–Crippen MR) is 66.9 cm³/mol. The maximum atomic E-state index is 12.2. The predicted octanol–water partition coefficient (Wildman–Crippen LogP) is 0.989. The Kier molecular flexibility index (Phi) is 4.51. The Balaban J connectivity index is 3.20. The highest BCUT2D eigenvalue weighted by Gasteiger charge is 2.60. The smallest absolute Gasteiger partial charge is 0.329 e. The minimum atomic E-state index is -1.39. The Hall–Kier alpha value is -1.36. The Bertz CT molecular complexity index is 346. The lowest BCUT2D eigenvalue weighted by atomic mass is 9.78. The molecular formula is C13H21NO4. The van der Waals surface area contributed by atoms with Crippen LogP contribution >= 0.6 is 0 Å². The van der Waals surface area contributed by atoms with E-state index in [0.29, 0.717) is 12.1 Å². The zero-order valence-corrected chi connectivity index (χ0v) is 11.5. The molecule has 0 saturated carbocycles. The fraction of sp³-hybridized carbons (Fsp3) is 0.692. The lowest BCUT2D eigenvalue weighted by Crippen LogP contribution is -2.50. The number of nitrogens with zero attached hydrogens (tertiary/aromatic N) is 1. The van der Waals surface area contributed by atoms with Crippen molar-refractivity contribution in [2.24, 2.45) is 5.41 Å². The molecule has 0 aromatic rings. The van der Waals surface area contributed by atoms with Crippen molar-refractivity contribution in [1.82, 2.24) is 4.90 Å². The summed E-state index contributed by atoms with van der Waals surface area (Å²) in [4.78, 5) is 26.4. The molecule has 18 heavy (non-hydrogen) atoms. The minimum absolute atomic E-state index is 0.226. The van der Waals surface area contributed by atoms with Gasteiger partial charge in [-0.3, -0.25) is 14.5 Å². The molecule has 0 aliphatic carbocycles. The molecule has 0 aromatic carbocycles. The van der Waals surface area contributed by atoms with Gasteiger partial charge in [-0.15, -0.1) is 0 Å². The second-order valence-electron chi connectivity index (χ2n) is 4.44. The van der Waals surface area contributed by atoms with Crippen LogP contribution in [0.5, 0.6) is 0 Å². The van der Waals surface area contributed by atoms with E-state index in [1.165, 1.54) is 0 Å². The van der Waals surface area contributed by atoms with Crippen molar-refractivity contribution in [2.75, 3.05) is 26.8 Å². The lowest BCUT2D eigenvalue weighted by Gasteiger charge is -2.30. The third-order valence-corrected chi connectivity index (χ3v) is 3.48. The summed E-state index contributed by atoms with van der Waals surface area (Å²) in [6.45, 7) is 10.0. The molecule has 0 amide bonds. The third-order valence-electron chi connectivity index (χ3n) is 3.48. The molecule has 0 bridgehead atoms. The van der Waals surface area contributed by atoms with E-state index in [1.807, 2.05) is 18.9 Å². The average molecular weight is 255 g/mol. The average Bonchev–Trinajstić information content (AvgIpc) is 2.51. The van der Waals surface area contributed by atoms with E-state index < -0.39 is 17.4 Å². The van der Waals surface area contributed by atoms with Gasteiger partial charge in [-0.05, 0) is 33.4 Å². The van der Waals surface area contributed by atoms with Crippen LogP contribution in [0.1, 0.15) is 20.8 Å². The summed E-state index contributed by atoms with van der Waals surface area (Å²) < 4.78 is 10.1. The van der Waals surface area contributed by atoms with Crippen LogP contribution in [0.15, 0.2) is 12.2 Å². The molecule has 1 atom stereocenters. The van der Waals surface area contributed by atoms with Crippen molar-refractivity contribution >= 4 is 11.9 Å². The molecule has 0 spiro atoms. The number of likely N-dealkylation sites (N-methyl/N-ethyl adjacent to an activating group) is 1. The molecule has 1 unspecified atom stereocenters. The molecule has 1 rings (SSSR count). The minimum Gasteiger partial charge on any atom is -0.465 e. The maximum Gasteiger partial charge on any atom is 0.329 e. The summed E-state index contributed by atoms with van der Waals surface area (Å²) in [7, 11) is 1.84. The number of likely N-dealkylation sites (tertiary alicyclic amines) is 1. The molecule has 1 aliphatic heterocycles. The number of carbonyl (C=O) groups is 2. The van der Waals surface area contributed by atoms with Gasteiger partial charge in [0.1, 0.15) is 0 Å². The van der Waals surface area contributed by atoms with E-state index >= 15 is 0 Å². The summed E-state index contributed by atoms with van der Waals surface area (Å²) in [5.41, 5.74) is -0.852. The maximum absolute atomic E-state index is 12.2. The van der Waals surface area contributed by atoms with Crippen LogP contribution in [0.25, 0.3) is 0 Å². The van der Waals surface area contributed by atoms with Gasteiger partial charge < -0.3 is 9.47 Å². The van der Waals surface area contributed by atoms with Gasteiger partial charge in [0.2, 0.25) is 5.41 Å². The highest BCUT2D eigenvalue weighted by atomic mass is 16.6. The van der Waals surface area contributed by atoms with Gasteiger partial charge in [0, 0.05) is 12.6 Å². The summed E-state index contributed by atoms with van der Waals surface area (Å²) in [5, 5.41) is 0. The molecule has 1 heterocycles. The van der Waals surface area contributed by atoms with E-state index in [2.05, 4.69) is 6.58 Å². The van der Waals surface area contributed by atoms with Crippen LogP contribution < -0.4 is 0 Å². The number of esters is 2. The molecule has 5 nitrogen and oxygen atoms in total. The van der Waals surface area contributed by atoms with Crippen molar-refractivity contribution in [3.8, 4) is 0 Å². The number of hydrogen-bond acceptors (Lipinski definition) is 5. The molecule has 0 N–H and O–H groups in total. The quantitative estimate of drug-likeness (QED) is 0.426. The molecule has 5 heteroatoms. The molecule has 1 fully saturated rings. The van der Waals surface area contributed by atoms with Gasteiger partial charge in [-0.1, -0.05) is 6.58 Å². The van der Waals surface area contributed by atoms with Crippen LogP contribution in [0, 0.1) is 5.41 Å². The van der Waals surface area contributed by atoms with Gasteiger partial charge in [-0.2, -0.15) is 0 Å². The Morgan fingerprint density at radius 1 is 1.33 bits per heavy atom. The van der Waals surface area contributed by atoms with Gasteiger partial charge in [0.05, 0.1) is 13.2 Å². The van der Waals surface area contributed by atoms with Crippen molar-refractivity contribution in [2.45, 2.75) is 26.8 Å². The van der Waals surface area contributed by atoms with Crippen molar-refractivity contribution in [3.63, 3.8) is 0 Å². The largest absolute Gasteiger partial charge is 0.465 e. The molecule has 102 valence electrons. The van der Waals surface area contributed by atoms with Gasteiger partial charge in [-0.25, -0.2) is 0 Å². The first-order valence-electron chi connectivity index (χ1n) is 6.15. The Labute approximate surface area is 108 Å². The Morgan fingerprint density at radius 3 is 2.06 bits per heavy atom. The molecule has 1 saturated heterocycles. The van der Waals surface area contributed by atoms with Crippen LogP contribution in [-0.2, 0) is 19.1 Å². The zero-order chi connectivity index (χ0) is 13.9. The molecule has 0 radical (unpaired) electrons. The molecular weight excluding hydrogens is 234 g/mol. The lowest BCUT2D eigenvalue weighted by molar-refractivity contribution is -0.170. The normalized spacial score (nSPS) is 22.9. The first kappa shape index (κ1) is 14.7. The van der Waals surface area contributed by atoms with Crippen LogP contribution in [0.3, 0.4) is 0 Å². The van der Waals surface area contributed by atoms with E-state index in [9.17, 15) is 9.59 Å². The second kappa shape index (κ2) is 5.52. The van der Waals surface area contributed by atoms with E-state index in [-0.39, 0.29) is 19.3 Å². The van der Waals surface area contributed by atoms with Crippen molar-refractivity contribution in [3.05, 3.63) is 12.2 Å². The van der Waals surface area contributed by atoms with Crippen molar-refractivity contribution < 1.29 is 19.1 Å². The fourth-order valence-corrected chi connectivity index (χ4v) is 2.39. The highest BCUT2D eigenvalue weighted by Crippen LogP contribution is 2.42. The van der Waals surface area contributed by atoms with Crippen molar-refractivity contribution in [1.29, 1.82) is 0 Å². The monoisotopic (exact) mass is 255 g/mol. The zero-order valence-electron chi connectivity index (χ0n) is 11.5. The topological polar surface area (TPSA) is 55.8 Å². The van der Waals surface area contributed by atoms with E-state index in [1.54, 1.807) is 13.8 Å². The van der Waals surface area contributed by atoms with E-state index in [0.717, 1.165) is 0 Å². The summed E-state index contributed by atoms with van der Waals surface area (Å²) in [6, 6.07) is -0.317. The summed E-state index contributed by atoms with van der Waals surface area (Å²) >= 11 is 0. The third kappa shape index (κ3) is 2.03. The number of carbonyl (C=O) groups excluding carboxylic acids is 2. The fourth-order valence-electron chi connectivity index (χ4n) is 2.39. The summed E-state index contributed by atoms with van der Waals surface area (Å²) in [5.74, 6) is -1.13. The number of hydrogen-bond donors (Lipinski definition) is 0. The first-order valence-corrected chi connectivity index (χ1v) is 6.15. The SMILES string of the molecule is C=C1CN(C)C(C)C1(C(=O)OCC)C(=O)OCC. The Morgan fingerprint density at radius 2 is 1.78 bits per heavy atom. The van der Waals surface area contributed by atoms with Crippen LogP contribution in [0.4, 0.5) is 0 Å². The number of ether oxygens (including phenoxy) is 2. The molecule has 1 aliphatic rings. The van der Waals surface area contributed by atoms with Gasteiger partial charge in [0.15, 0.2) is 0 Å². The summed E-state index contributed by atoms with van der Waals surface area (Å²) in [6.07, 6.45) is 0. The number of rotatable bonds is 4. The first-order chi connectivity index (χ1) is 8.42.